The number of hydrogen-bond acceptors (Lipinski definition) is 7. The first-order valence-electron chi connectivity index (χ1n) is 17.2. The molecule has 2 unspecified atom stereocenters. The highest BCUT2D eigenvalue weighted by Gasteiger charge is 2.22. The summed E-state index contributed by atoms with van der Waals surface area (Å²) in [6, 6.07) is -0.809. The number of nitrogens with two attached hydrogens (primary N) is 2. The number of nitrogens with one attached hydrogen (secondary N) is 2. The van der Waals surface area contributed by atoms with E-state index in [0.29, 0.717) is 32.4 Å². The van der Waals surface area contributed by atoms with Crippen LogP contribution in [0.15, 0.2) is 4.99 Å². The summed E-state index contributed by atoms with van der Waals surface area (Å²) < 4.78 is 11.0. The van der Waals surface area contributed by atoms with Crippen LogP contribution in [0.1, 0.15) is 137 Å². The molecule has 0 fully saturated rings. The van der Waals surface area contributed by atoms with Crippen LogP contribution in [0.5, 0.6) is 0 Å². The van der Waals surface area contributed by atoms with E-state index >= 15 is 0 Å². The molecule has 11 nitrogen and oxygen atoms in total. The van der Waals surface area contributed by atoms with Gasteiger partial charge in [-0.15, -0.1) is 0 Å². The van der Waals surface area contributed by atoms with E-state index in [1.54, 1.807) is 0 Å². The topological polar surface area (TPSA) is 175 Å². The number of carbonyl (C=O) groups excluding carboxylic acids is 4. The van der Waals surface area contributed by atoms with E-state index < -0.39 is 6.04 Å². The fourth-order valence-electron chi connectivity index (χ4n) is 4.97. The van der Waals surface area contributed by atoms with E-state index in [9.17, 15) is 19.2 Å². The standard InChI is InChI=1S/C33H63N5O6/c1-5-9-11-18-26(16-7-3)31(41)43-24-14-13-22-36-30(40)28(21-23-37-33(34)35)38-29(39)20-15-25-44-32(42)27(17-8-4)19-12-10-6-2/h26-28H,5-25H2,1-4H3,(H,36,40)(H,38,39)(H4,34,35,37)/t26?,27?,28-/m0/s1. The average Bonchev–Trinajstić information content (AvgIpc) is 2.99. The zero-order valence-electron chi connectivity index (χ0n) is 28.1. The molecule has 0 aliphatic heterocycles. The molecule has 0 aromatic rings. The molecule has 6 N–H and O–H groups in total. The van der Waals surface area contributed by atoms with Crippen LogP contribution in [0.2, 0.25) is 0 Å². The Morgan fingerprint density at radius 1 is 0.659 bits per heavy atom. The van der Waals surface area contributed by atoms with Crippen LogP contribution in [0, 0.1) is 11.8 Å². The molecule has 0 spiro atoms. The van der Waals surface area contributed by atoms with E-state index in [4.69, 9.17) is 20.9 Å². The van der Waals surface area contributed by atoms with Gasteiger partial charge in [0.1, 0.15) is 6.04 Å². The number of rotatable bonds is 28. The predicted molar refractivity (Wildman–Crippen MR) is 176 cm³/mol. The fraction of sp³-hybridized carbons (Fsp3) is 0.848. The van der Waals surface area contributed by atoms with Crippen LogP contribution in [-0.2, 0) is 28.7 Å². The summed E-state index contributed by atoms with van der Waals surface area (Å²) in [7, 11) is 0. The highest BCUT2D eigenvalue weighted by molar-refractivity contribution is 5.87. The zero-order chi connectivity index (χ0) is 33.0. The summed E-state index contributed by atoms with van der Waals surface area (Å²) >= 11 is 0. The summed E-state index contributed by atoms with van der Waals surface area (Å²) in [5, 5.41) is 5.60. The van der Waals surface area contributed by atoms with E-state index in [2.05, 4.69) is 43.3 Å². The minimum absolute atomic E-state index is 0.0404. The van der Waals surface area contributed by atoms with Gasteiger partial charge in [0.25, 0.3) is 0 Å². The molecule has 2 amide bonds. The van der Waals surface area contributed by atoms with Gasteiger partial charge in [-0.3, -0.25) is 24.2 Å². The molecular weight excluding hydrogens is 562 g/mol. The highest BCUT2D eigenvalue weighted by Crippen LogP contribution is 2.18. The second kappa shape index (κ2) is 27.7. The first-order valence-corrected chi connectivity index (χ1v) is 17.2. The molecule has 3 atom stereocenters. The third-order valence-corrected chi connectivity index (χ3v) is 7.52. The van der Waals surface area contributed by atoms with Crippen LogP contribution in [0.25, 0.3) is 0 Å². The summed E-state index contributed by atoms with van der Waals surface area (Å²) in [4.78, 5) is 54.3. The Morgan fingerprint density at radius 3 is 1.70 bits per heavy atom. The fourth-order valence-corrected chi connectivity index (χ4v) is 4.97. The maximum Gasteiger partial charge on any atom is 0.308 e. The van der Waals surface area contributed by atoms with Gasteiger partial charge in [0, 0.05) is 19.5 Å². The number of amides is 2. The largest absolute Gasteiger partial charge is 0.465 e. The molecule has 0 aliphatic carbocycles. The molecule has 0 bridgehead atoms. The van der Waals surface area contributed by atoms with E-state index in [1.165, 1.54) is 0 Å². The van der Waals surface area contributed by atoms with E-state index in [1.807, 2.05) is 0 Å². The van der Waals surface area contributed by atoms with Crippen LogP contribution in [0.3, 0.4) is 0 Å². The summed E-state index contributed by atoms with van der Waals surface area (Å²) in [6.45, 7) is 9.45. The Balaban J connectivity index is 4.59. The van der Waals surface area contributed by atoms with Crippen molar-refractivity contribution in [3.63, 3.8) is 0 Å². The molecule has 11 heteroatoms. The van der Waals surface area contributed by atoms with Crippen molar-refractivity contribution in [3.05, 3.63) is 0 Å². The molecule has 44 heavy (non-hydrogen) atoms. The van der Waals surface area contributed by atoms with Gasteiger partial charge >= 0.3 is 11.9 Å². The average molecular weight is 626 g/mol. The lowest BCUT2D eigenvalue weighted by Crippen LogP contribution is -2.47. The number of esters is 2. The Morgan fingerprint density at radius 2 is 1.20 bits per heavy atom. The number of unbranched alkanes of at least 4 members (excludes halogenated alkanes) is 5. The quantitative estimate of drug-likeness (QED) is 0.0411. The van der Waals surface area contributed by atoms with Crippen molar-refractivity contribution in [2.45, 2.75) is 143 Å². The lowest BCUT2D eigenvalue weighted by atomic mass is 9.97. The normalized spacial score (nSPS) is 12.9. The van der Waals surface area contributed by atoms with Crippen molar-refractivity contribution in [3.8, 4) is 0 Å². The Bertz CT molecular complexity index is 818. The summed E-state index contributed by atoms with van der Waals surface area (Å²) in [5.41, 5.74) is 10.8. The SMILES string of the molecule is CCCCCC(CCC)C(=O)OCCCCNC(=O)[C@H](CCN=C(N)N)NC(=O)CCCOC(=O)C(CCC)CCCCC. The predicted octanol–water partition coefficient (Wildman–Crippen LogP) is 4.89. The van der Waals surface area contributed by atoms with Crippen molar-refractivity contribution in [2.24, 2.45) is 28.3 Å². The van der Waals surface area contributed by atoms with Crippen LogP contribution in [-0.4, -0.2) is 62.1 Å². The van der Waals surface area contributed by atoms with Crippen LogP contribution in [0.4, 0.5) is 0 Å². The van der Waals surface area contributed by atoms with Crippen molar-refractivity contribution in [2.75, 3.05) is 26.3 Å². The first-order chi connectivity index (χ1) is 21.2. The number of ether oxygens (including phenoxy) is 2. The van der Waals surface area contributed by atoms with Gasteiger partial charge in [0.05, 0.1) is 25.0 Å². The maximum atomic E-state index is 12.9. The second-order valence-corrected chi connectivity index (χ2v) is 11.6. The van der Waals surface area contributed by atoms with Gasteiger partial charge < -0.3 is 31.6 Å². The molecule has 0 radical (unpaired) electrons. The van der Waals surface area contributed by atoms with Crippen molar-refractivity contribution >= 4 is 29.7 Å². The van der Waals surface area contributed by atoms with Crippen molar-refractivity contribution in [1.82, 2.24) is 10.6 Å². The highest BCUT2D eigenvalue weighted by atomic mass is 16.5. The number of hydrogen-bond donors (Lipinski definition) is 4. The molecule has 0 saturated carbocycles. The molecule has 256 valence electrons. The Hall–Kier alpha value is -2.85. The monoisotopic (exact) mass is 625 g/mol. The molecule has 0 saturated heterocycles. The molecule has 0 aromatic carbocycles. The zero-order valence-corrected chi connectivity index (χ0v) is 28.1. The van der Waals surface area contributed by atoms with Gasteiger partial charge in [0.2, 0.25) is 11.8 Å². The molecule has 0 heterocycles. The van der Waals surface area contributed by atoms with Gasteiger partial charge in [-0.05, 0) is 51.4 Å². The van der Waals surface area contributed by atoms with Gasteiger partial charge in [-0.2, -0.15) is 0 Å². The second-order valence-electron chi connectivity index (χ2n) is 11.6. The third kappa shape index (κ3) is 21.8. The van der Waals surface area contributed by atoms with Crippen LogP contribution >= 0.6 is 0 Å². The molecule has 0 rings (SSSR count). The number of guanidine groups is 1. The Labute approximate surface area is 266 Å². The maximum absolute atomic E-state index is 12.9. The number of carbonyl (C=O) groups is 4. The van der Waals surface area contributed by atoms with Gasteiger partial charge in [-0.25, -0.2) is 0 Å². The smallest absolute Gasteiger partial charge is 0.308 e. The Kier molecular flexibility index (Phi) is 25.9. The van der Waals surface area contributed by atoms with Crippen molar-refractivity contribution < 1.29 is 28.7 Å². The number of nitrogens with zero attached hydrogens (tertiary/aromatic N) is 1. The summed E-state index contributed by atoms with van der Waals surface area (Å²) in [6.07, 6.45) is 13.7. The first kappa shape index (κ1) is 41.1. The third-order valence-electron chi connectivity index (χ3n) is 7.52. The van der Waals surface area contributed by atoms with E-state index in [0.717, 1.165) is 77.0 Å². The van der Waals surface area contributed by atoms with Crippen molar-refractivity contribution in [1.29, 1.82) is 0 Å². The lowest BCUT2D eigenvalue weighted by molar-refractivity contribution is -0.150. The van der Waals surface area contributed by atoms with Crippen LogP contribution < -0.4 is 22.1 Å². The minimum Gasteiger partial charge on any atom is -0.465 e. The summed E-state index contributed by atoms with van der Waals surface area (Å²) in [5.74, 6) is -1.19. The lowest BCUT2D eigenvalue weighted by Gasteiger charge is -2.18. The molecular formula is C33H63N5O6. The van der Waals surface area contributed by atoms with Gasteiger partial charge in [0.15, 0.2) is 5.96 Å². The van der Waals surface area contributed by atoms with Gasteiger partial charge in [-0.1, -0.05) is 79.1 Å². The molecule has 0 aromatic heterocycles. The number of aliphatic imine (C=N–C) groups is 1. The van der Waals surface area contributed by atoms with E-state index in [-0.39, 0.29) is 67.5 Å². The molecule has 0 aliphatic rings. The minimum atomic E-state index is -0.809.